The van der Waals surface area contributed by atoms with Crippen LogP contribution in [0.3, 0.4) is 0 Å². The van der Waals surface area contributed by atoms with Crippen molar-refractivity contribution < 1.29 is 19.5 Å². The molecule has 0 spiro atoms. The maximum atomic E-state index is 12.3. The molecule has 1 aromatic carbocycles. The van der Waals surface area contributed by atoms with E-state index in [1.165, 1.54) is 29.2 Å². The fourth-order valence-corrected chi connectivity index (χ4v) is 1.84. The largest absolute Gasteiger partial charge is 0.480 e. The van der Waals surface area contributed by atoms with E-state index in [2.05, 4.69) is 5.32 Å². The van der Waals surface area contributed by atoms with Crippen LogP contribution in [0.2, 0.25) is 0 Å². The van der Waals surface area contributed by atoms with Gasteiger partial charge >= 0.3 is 12.0 Å². The van der Waals surface area contributed by atoms with E-state index in [4.69, 9.17) is 10.8 Å². The second-order valence-corrected chi connectivity index (χ2v) is 5.04. The Morgan fingerprint density at radius 2 is 1.81 bits per heavy atom. The molecule has 0 aromatic heterocycles. The number of hydrogen-bond acceptors (Lipinski definition) is 3. The summed E-state index contributed by atoms with van der Waals surface area (Å²) >= 11 is 0. The molecule has 0 aliphatic heterocycles. The molecule has 3 amide bonds. The highest BCUT2D eigenvalue weighted by atomic mass is 16.4. The average Bonchev–Trinajstić information content (AvgIpc) is 2.36. The van der Waals surface area contributed by atoms with Crippen molar-refractivity contribution in [3.63, 3.8) is 0 Å². The molecule has 0 aliphatic rings. The van der Waals surface area contributed by atoms with E-state index in [0.29, 0.717) is 17.8 Å². The maximum absolute atomic E-state index is 12.3. The zero-order valence-corrected chi connectivity index (χ0v) is 12.0. The summed E-state index contributed by atoms with van der Waals surface area (Å²) in [6, 6.07) is 5.41. The molecule has 7 nitrogen and oxygen atoms in total. The summed E-state index contributed by atoms with van der Waals surface area (Å²) in [5.41, 5.74) is 5.81. The second-order valence-electron chi connectivity index (χ2n) is 5.04. The molecule has 1 aromatic rings. The molecule has 0 saturated carbocycles. The Hall–Kier alpha value is -2.57. The third-order valence-corrected chi connectivity index (χ3v) is 2.60. The number of carboxylic acids is 1. The van der Waals surface area contributed by atoms with E-state index in [-0.39, 0.29) is 18.4 Å². The minimum absolute atomic E-state index is 0.157. The Morgan fingerprint density at radius 3 is 2.24 bits per heavy atom. The van der Waals surface area contributed by atoms with Crippen molar-refractivity contribution in [3.05, 3.63) is 29.8 Å². The number of benzene rings is 1. The van der Waals surface area contributed by atoms with Crippen LogP contribution in [0.5, 0.6) is 0 Å². The molecule has 21 heavy (non-hydrogen) atoms. The SMILES string of the molecule is CC(C)CN(CC(=O)O)C(=O)c1ccc(NC(N)=O)cc1. The number of nitrogens with one attached hydrogen (secondary N) is 1. The van der Waals surface area contributed by atoms with Crippen LogP contribution in [0.25, 0.3) is 0 Å². The molecule has 0 bridgehead atoms. The van der Waals surface area contributed by atoms with E-state index in [1.54, 1.807) is 0 Å². The van der Waals surface area contributed by atoms with Crippen LogP contribution in [0.1, 0.15) is 24.2 Å². The van der Waals surface area contributed by atoms with E-state index < -0.39 is 12.0 Å². The molecule has 7 heteroatoms. The summed E-state index contributed by atoms with van der Waals surface area (Å²) in [5.74, 6) is -1.27. The molecule has 4 N–H and O–H groups in total. The predicted octanol–water partition coefficient (Wildman–Crippen LogP) is 1.36. The Morgan fingerprint density at radius 1 is 1.24 bits per heavy atom. The third kappa shape index (κ3) is 5.52. The van der Waals surface area contributed by atoms with Gasteiger partial charge in [-0.25, -0.2) is 4.79 Å². The Labute approximate surface area is 122 Å². The number of nitrogens with two attached hydrogens (primary N) is 1. The zero-order valence-electron chi connectivity index (χ0n) is 12.0. The van der Waals surface area contributed by atoms with Gasteiger partial charge in [0.1, 0.15) is 6.54 Å². The quantitative estimate of drug-likeness (QED) is 0.735. The number of carbonyl (C=O) groups is 3. The number of urea groups is 1. The lowest BCUT2D eigenvalue weighted by Crippen LogP contribution is -2.38. The number of hydrogen-bond donors (Lipinski definition) is 3. The molecule has 1 rings (SSSR count). The van der Waals surface area contributed by atoms with Crippen molar-refractivity contribution >= 4 is 23.6 Å². The van der Waals surface area contributed by atoms with Gasteiger partial charge in [0.2, 0.25) is 0 Å². The second kappa shape index (κ2) is 7.28. The van der Waals surface area contributed by atoms with Crippen LogP contribution in [0, 0.1) is 5.92 Å². The van der Waals surface area contributed by atoms with Gasteiger partial charge in [-0.1, -0.05) is 13.8 Å². The molecule has 0 radical (unpaired) electrons. The van der Waals surface area contributed by atoms with Crippen LogP contribution in [0.4, 0.5) is 10.5 Å². The van der Waals surface area contributed by atoms with Crippen LogP contribution < -0.4 is 11.1 Å². The van der Waals surface area contributed by atoms with Gasteiger partial charge in [0.15, 0.2) is 0 Å². The van der Waals surface area contributed by atoms with Gasteiger partial charge in [-0.15, -0.1) is 0 Å². The Balaban J connectivity index is 2.87. The molecule has 0 unspecified atom stereocenters. The van der Waals surface area contributed by atoms with Crippen LogP contribution >= 0.6 is 0 Å². The Bertz CT molecular complexity index is 526. The van der Waals surface area contributed by atoms with E-state index in [9.17, 15) is 14.4 Å². The van der Waals surface area contributed by atoms with Gasteiger partial charge in [0.05, 0.1) is 0 Å². The number of carbonyl (C=O) groups excluding carboxylic acids is 2. The minimum Gasteiger partial charge on any atom is -0.480 e. The number of nitrogens with zero attached hydrogens (tertiary/aromatic N) is 1. The first kappa shape index (κ1) is 16.5. The maximum Gasteiger partial charge on any atom is 0.323 e. The van der Waals surface area contributed by atoms with E-state index in [1.807, 2.05) is 13.8 Å². The fraction of sp³-hybridized carbons (Fsp3) is 0.357. The smallest absolute Gasteiger partial charge is 0.323 e. The first-order valence-electron chi connectivity index (χ1n) is 6.47. The van der Waals surface area contributed by atoms with Gasteiger partial charge in [-0.05, 0) is 30.2 Å². The van der Waals surface area contributed by atoms with Crippen LogP contribution in [-0.4, -0.2) is 41.0 Å². The number of amides is 3. The van der Waals surface area contributed by atoms with E-state index >= 15 is 0 Å². The lowest BCUT2D eigenvalue weighted by atomic mass is 10.1. The minimum atomic E-state index is -1.06. The number of anilines is 1. The number of carboxylic acid groups (broad SMARTS) is 1. The highest BCUT2D eigenvalue weighted by Gasteiger charge is 2.19. The van der Waals surface area contributed by atoms with Crippen molar-refractivity contribution in [3.8, 4) is 0 Å². The number of primary amides is 1. The lowest BCUT2D eigenvalue weighted by Gasteiger charge is -2.22. The number of rotatable bonds is 6. The first-order valence-corrected chi connectivity index (χ1v) is 6.47. The first-order chi connectivity index (χ1) is 9.79. The third-order valence-electron chi connectivity index (χ3n) is 2.60. The van der Waals surface area contributed by atoms with Crippen molar-refractivity contribution in [2.24, 2.45) is 11.7 Å². The highest BCUT2D eigenvalue weighted by Crippen LogP contribution is 2.12. The topological polar surface area (TPSA) is 113 Å². The molecule has 0 aliphatic carbocycles. The Kier molecular flexibility index (Phi) is 5.71. The van der Waals surface area contributed by atoms with E-state index in [0.717, 1.165) is 0 Å². The molecule has 114 valence electrons. The standard InChI is InChI=1S/C14H19N3O4/c1-9(2)7-17(8-12(18)19)13(20)10-3-5-11(6-4-10)16-14(15)21/h3-6,9H,7-8H2,1-2H3,(H,18,19)(H3,15,16,21). The molecule has 0 atom stereocenters. The zero-order chi connectivity index (χ0) is 16.0. The van der Waals surface area contributed by atoms with Crippen molar-refractivity contribution in [2.75, 3.05) is 18.4 Å². The van der Waals surface area contributed by atoms with Crippen LogP contribution in [-0.2, 0) is 4.79 Å². The average molecular weight is 293 g/mol. The van der Waals surface area contributed by atoms with Crippen molar-refractivity contribution in [2.45, 2.75) is 13.8 Å². The highest BCUT2D eigenvalue weighted by molar-refractivity contribution is 5.96. The monoisotopic (exact) mass is 293 g/mol. The summed E-state index contributed by atoms with van der Waals surface area (Å²) in [7, 11) is 0. The van der Waals surface area contributed by atoms with Gasteiger partial charge in [0, 0.05) is 17.8 Å². The summed E-state index contributed by atoms with van der Waals surface area (Å²) in [5, 5.41) is 11.3. The normalized spacial score (nSPS) is 10.2. The van der Waals surface area contributed by atoms with Crippen molar-refractivity contribution in [1.29, 1.82) is 0 Å². The fourth-order valence-electron chi connectivity index (χ4n) is 1.84. The van der Waals surface area contributed by atoms with Gasteiger partial charge in [-0.3, -0.25) is 9.59 Å². The van der Waals surface area contributed by atoms with Gasteiger partial charge in [-0.2, -0.15) is 0 Å². The van der Waals surface area contributed by atoms with Crippen LogP contribution in [0.15, 0.2) is 24.3 Å². The van der Waals surface area contributed by atoms with Gasteiger partial charge < -0.3 is 21.1 Å². The summed E-state index contributed by atoms with van der Waals surface area (Å²) in [4.78, 5) is 35.1. The predicted molar refractivity (Wildman–Crippen MR) is 78.0 cm³/mol. The molecular weight excluding hydrogens is 274 g/mol. The summed E-state index contributed by atoms with van der Waals surface area (Å²) < 4.78 is 0. The summed E-state index contributed by atoms with van der Waals surface area (Å²) in [6.45, 7) is 3.81. The summed E-state index contributed by atoms with van der Waals surface area (Å²) in [6.07, 6.45) is 0. The molecular formula is C14H19N3O4. The molecule has 0 saturated heterocycles. The lowest BCUT2D eigenvalue weighted by molar-refractivity contribution is -0.137. The van der Waals surface area contributed by atoms with Gasteiger partial charge in [0.25, 0.3) is 5.91 Å². The number of aliphatic carboxylic acids is 1. The van der Waals surface area contributed by atoms with Crippen molar-refractivity contribution in [1.82, 2.24) is 4.90 Å². The molecule has 0 fully saturated rings. The molecule has 0 heterocycles.